The van der Waals surface area contributed by atoms with E-state index < -0.39 is 12.1 Å². The van der Waals surface area contributed by atoms with Gasteiger partial charge in [0.15, 0.2) is 5.78 Å². The molecule has 0 radical (unpaired) electrons. The molecule has 0 aromatic rings. The van der Waals surface area contributed by atoms with Gasteiger partial charge in [-0.2, -0.15) is 10.2 Å². The Balaban J connectivity index is 0.000000286. The first kappa shape index (κ1) is 30.9. The summed E-state index contributed by atoms with van der Waals surface area (Å²) in [6.45, 7) is 13.8. The number of azo groups is 1. The summed E-state index contributed by atoms with van der Waals surface area (Å²) in [6.07, 6.45) is 7.38. The van der Waals surface area contributed by atoms with Gasteiger partial charge < -0.3 is 14.9 Å². The highest BCUT2D eigenvalue weighted by Gasteiger charge is 2.40. The maximum absolute atomic E-state index is 12.3. The zero-order chi connectivity index (χ0) is 26.9. The molecule has 35 heavy (non-hydrogen) atoms. The summed E-state index contributed by atoms with van der Waals surface area (Å²) >= 11 is 0. The summed E-state index contributed by atoms with van der Waals surface area (Å²) in [4.78, 5) is 38.1. The molecule has 0 aromatic carbocycles. The fourth-order valence-corrected chi connectivity index (χ4v) is 4.27. The van der Waals surface area contributed by atoms with Crippen molar-refractivity contribution in [3.63, 3.8) is 0 Å². The lowest BCUT2D eigenvalue weighted by Crippen LogP contribution is -2.45. The second-order valence-electron chi connectivity index (χ2n) is 11.0. The smallest absolute Gasteiger partial charge is 0.226 e. The summed E-state index contributed by atoms with van der Waals surface area (Å²) in [5.41, 5.74) is 1.03. The fraction of sp³-hybridized carbons (Fsp3) is 0.815. The molecule has 3 aliphatic rings. The highest BCUT2D eigenvalue weighted by molar-refractivity contribution is 5.89. The second-order valence-corrected chi connectivity index (χ2v) is 11.0. The first-order chi connectivity index (χ1) is 16.3. The Kier molecular flexibility index (Phi) is 12.2. The lowest BCUT2D eigenvalue weighted by atomic mass is 9.81. The Bertz CT molecular complexity index is 783. The minimum atomic E-state index is -0.569. The van der Waals surface area contributed by atoms with E-state index in [9.17, 15) is 19.5 Å². The van der Waals surface area contributed by atoms with Crippen molar-refractivity contribution >= 4 is 17.6 Å². The van der Waals surface area contributed by atoms with Crippen LogP contribution in [0.2, 0.25) is 0 Å². The molecule has 0 aromatic heterocycles. The van der Waals surface area contributed by atoms with E-state index in [1.54, 1.807) is 11.9 Å². The number of hydrogen-bond acceptors (Lipinski definition) is 6. The third-order valence-electron chi connectivity index (χ3n) is 7.31. The number of carbonyl (C=O) groups is 3. The van der Waals surface area contributed by atoms with Crippen LogP contribution in [-0.4, -0.2) is 71.3 Å². The van der Waals surface area contributed by atoms with Crippen molar-refractivity contribution in [1.29, 1.82) is 0 Å². The van der Waals surface area contributed by atoms with Gasteiger partial charge in [0.25, 0.3) is 0 Å². The third-order valence-corrected chi connectivity index (χ3v) is 7.31. The average Bonchev–Trinajstić information content (AvgIpc) is 3.49. The van der Waals surface area contributed by atoms with Gasteiger partial charge in [-0.3, -0.25) is 14.4 Å². The molecule has 200 valence electrons. The van der Waals surface area contributed by atoms with Gasteiger partial charge in [0.2, 0.25) is 11.8 Å². The molecular formula is C27H48N4O4. The van der Waals surface area contributed by atoms with Gasteiger partial charge in [-0.25, -0.2) is 0 Å². The Hall–Kier alpha value is -2.09. The Labute approximate surface area is 212 Å². The lowest BCUT2D eigenvalue weighted by molar-refractivity contribution is -0.142. The topological polar surface area (TPSA) is 103 Å². The summed E-state index contributed by atoms with van der Waals surface area (Å²) in [6, 6.07) is 0.0831. The molecule has 8 nitrogen and oxygen atoms in total. The number of carbonyl (C=O) groups excluding carboxylic acids is 3. The van der Waals surface area contributed by atoms with Crippen molar-refractivity contribution < 1.29 is 19.5 Å². The van der Waals surface area contributed by atoms with Crippen LogP contribution in [0.3, 0.4) is 0 Å². The largest absolute Gasteiger partial charge is 0.391 e. The predicted octanol–water partition coefficient (Wildman–Crippen LogP) is 4.62. The first-order valence-corrected chi connectivity index (χ1v) is 13.0. The van der Waals surface area contributed by atoms with Crippen molar-refractivity contribution in [2.24, 2.45) is 27.5 Å². The number of allylic oxidation sites excluding steroid dienone is 2. The van der Waals surface area contributed by atoms with Crippen molar-refractivity contribution in [2.75, 3.05) is 20.6 Å². The van der Waals surface area contributed by atoms with E-state index >= 15 is 0 Å². The normalized spacial score (nSPS) is 25.7. The van der Waals surface area contributed by atoms with Crippen molar-refractivity contribution in [3.8, 4) is 0 Å². The third kappa shape index (κ3) is 9.47. The van der Waals surface area contributed by atoms with Crippen molar-refractivity contribution in [1.82, 2.24) is 9.80 Å². The zero-order valence-electron chi connectivity index (χ0n) is 23.4. The number of ketones is 1. The van der Waals surface area contributed by atoms with E-state index in [1.165, 1.54) is 19.8 Å². The average molecular weight is 493 g/mol. The fourth-order valence-electron chi connectivity index (χ4n) is 4.27. The summed E-state index contributed by atoms with van der Waals surface area (Å²) < 4.78 is 0. The van der Waals surface area contributed by atoms with Crippen LogP contribution in [0.5, 0.6) is 0 Å². The van der Waals surface area contributed by atoms with Gasteiger partial charge in [-0.15, -0.1) is 0 Å². The number of amides is 2. The Morgan fingerprint density at radius 3 is 2.17 bits per heavy atom. The van der Waals surface area contributed by atoms with E-state index in [0.717, 1.165) is 30.9 Å². The maximum Gasteiger partial charge on any atom is 0.226 e. The number of aliphatic hydroxyl groups is 1. The molecular weight excluding hydrogens is 444 g/mol. The van der Waals surface area contributed by atoms with Crippen LogP contribution < -0.4 is 0 Å². The van der Waals surface area contributed by atoms with E-state index in [4.69, 9.17) is 0 Å². The van der Waals surface area contributed by atoms with E-state index in [0.29, 0.717) is 18.4 Å². The SMILES string of the molecule is C/C=C(\N=NC)C1CC1.CC(=O)C1CC(O)CN1C(=O)C(C)C(C)(C)C.CCC1CCC(=O)N1C. The summed E-state index contributed by atoms with van der Waals surface area (Å²) in [5, 5.41) is 17.3. The lowest BCUT2D eigenvalue weighted by Gasteiger charge is -2.32. The first-order valence-electron chi connectivity index (χ1n) is 13.0. The monoisotopic (exact) mass is 492 g/mol. The number of aliphatic hydroxyl groups excluding tert-OH is 1. The quantitative estimate of drug-likeness (QED) is 0.566. The highest BCUT2D eigenvalue weighted by Crippen LogP contribution is 2.37. The van der Waals surface area contributed by atoms with Crippen molar-refractivity contribution in [2.45, 2.75) is 105 Å². The number of nitrogens with zero attached hydrogens (tertiary/aromatic N) is 4. The molecule has 2 heterocycles. The van der Waals surface area contributed by atoms with Crippen LogP contribution in [0.25, 0.3) is 0 Å². The van der Waals surface area contributed by atoms with Gasteiger partial charge in [0.05, 0.1) is 17.8 Å². The molecule has 1 N–H and O–H groups in total. The van der Waals surface area contributed by atoms with Gasteiger partial charge >= 0.3 is 0 Å². The van der Waals surface area contributed by atoms with Crippen LogP contribution in [0.1, 0.15) is 87.0 Å². The molecule has 1 aliphatic carbocycles. The van der Waals surface area contributed by atoms with Gasteiger partial charge in [-0.05, 0) is 44.9 Å². The van der Waals surface area contributed by atoms with Crippen molar-refractivity contribution in [3.05, 3.63) is 11.8 Å². The Morgan fingerprint density at radius 2 is 1.83 bits per heavy atom. The van der Waals surface area contributed by atoms with Gasteiger partial charge in [0, 0.05) is 51.4 Å². The molecule has 0 bridgehead atoms. The highest BCUT2D eigenvalue weighted by atomic mass is 16.3. The minimum absolute atomic E-state index is 0.0331. The van der Waals surface area contributed by atoms with E-state index in [-0.39, 0.29) is 29.6 Å². The molecule has 0 spiro atoms. The molecule has 2 aliphatic heterocycles. The van der Waals surface area contributed by atoms with Gasteiger partial charge in [-0.1, -0.05) is 40.7 Å². The minimum Gasteiger partial charge on any atom is -0.391 e. The predicted molar refractivity (Wildman–Crippen MR) is 139 cm³/mol. The van der Waals surface area contributed by atoms with E-state index in [1.807, 2.05) is 52.6 Å². The molecule has 3 fully saturated rings. The standard InChI is InChI=1S/C13H23NO3.C7H12N2.C7H13NO/c1-8(13(3,4)5)12(17)14-7-10(16)6-11(14)9(2)15;1-3-7(9-8-2)6-4-5-6;1-3-6-4-5-7(9)8(6)2/h8,10-11,16H,6-7H2,1-5H3;3,6H,4-5H2,1-2H3;6H,3-5H2,1-2H3/b;7-3-,9-8?;. The van der Waals surface area contributed by atoms with Crippen LogP contribution in [0.4, 0.5) is 0 Å². The number of Topliss-reactive ketones (excluding diaryl/α,β-unsaturated/α-hetero) is 1. The number of hydrogen-bond donors (Lipinski definition) is 1. The molecule has 4 unspecified atom stereocenters. The number of β-amino-alcohol motifs (C(OH)–C–C–N with tert-alkyl or cyclic N) is 1. The second kappa shape index (κ2) is 13.9. The molecule has 1 saturated carbocycles. The van der Waals surface area contributed by atoms with Crippen LogP contribution in [-0.2, 0) is 14.4 Å². The van der Waals surface area contributed by atoms with Crippen LogP contribution >= 0.6 is 0 Å². The van der Waals surface area contributed by atoms with Crippen LogP contribution in [0, 0.1) is 17.3 Å². The van der Waals surface area contributed by atoms with Crippen LogP contribution in [0.15, 0.2) is 22.0 Å². The number of likely N-dealkylation sites (tertiary alicyclic amines) is 2. The molecule has 4 atom stereocenters. The van der Waals surface area contributed by atoms with E-state index in [2.05, 4.69) is 17.2 Å². The molecule has 3 rings (SSSR count). The molecule has 2 saturated heterocycles. The molecule has 2 amide bonds. The summed E-state index contributed by atoms with van der Waals surface area (Å²) in [7, 11) is 3.61. The number of rotatable bonds is 5. The Morgan fingerprint density at radius 1 is 1.23 bits per heavy atom. The van der Waals surface area contributed by atoms with Gasteiger partial charge in [0.1, 0.15) is 0 Å². The molecule has 8 heteroatoms. The zero-order valence-corrected chi connectivity index (χ0v) is 23.4. The maximum atomic E-state index is 12.3. The summed E-state index contributed by atoms with van der Waals surface area (Å²) in [5.74, 6) is 0.806.